The van der Waals surface area contributed by atoms with Gasteiger partial charge in [-0.2, -0.15) is 0 Å². The molecule has 0 aliphatic rings. The molecule has 7 nitrogen and oxygen atoms in total. The summed E-state index contributed by atoms with van der Waals surface area (Å²) >= 11 is 0. The van der Waals surface area contributed by atoms with Crippen LogP contribution in [0.4, 0.5) is 5.69 Å². The summed E-state index contributed by atoms with van der Waals surface area (Å²) in [5.41, 5.74) is -0.172. The highest BCUT2D eigenvalue weighted by atomic mass is 16.6. The molecule has 1 aromatic carbocycles. The van der Waals surface area contributed by atoms with Gasteiger partial charge in [-0.05, 0) is 18.9 Å². The molecule has 1 N–H and O–H groups in total. The fourth-order valence-corrected chi connectivity index (χ4v) is 1.54. The lowest BCUT2D eigenvalue weighted by Crippen LogP contribution is -2.38. The maximum absolute atomic E-state index is 11.8. The standard InChI is InChI=1S/C14H18N2O5/c1-9(2)7-15-14(18)10(3)21-13-5-4-12(16(19)20)6-11(13)8-17/h4-6,8-10H,7H2,1-3H3,(H,15,18)/t10-/m1/s1. The van der Waals surface area contributed by atoms with Crippen molar-refractivity contribution in [2.24, 2.45) is 5.92 Å². The second-order valence-corrected chi connectivity index (χ2v) is 5.00. The summed E-state index contributed by atoms with van der Waals surface area (Å²) in [6, 6.07) is 3.65. The van der Waals surface area contributed by atoms with Crippen LogP contribution in [0.25, 0.3) is 0 Å². The molecule has 0 aromatic heterocycles. The van der Waals surface area contributed by atoms with Crippen LogP contribution in [-0.2, 0) is 4.79 Å². The molecule has 0 spiro atoms. The van der Waals surface area contributed by atoms with Gasteiger partial charge in [0.05, 0.1) is 10.5 Å². The number of nitrogens with zero attached hydrogens (tertiary/aromatic N) is 1. The van der Waals surface area contributed by atoms with E-state index in [1.54, 1.807) is 6.92 Å². The van der Waals surface area contributed by atoms with Gasteiger partial charge in [-0.15, -0.1) is 0 Å². The summed E-state index contributed by atoms with van der Waals surface area (Å²) in [4.78, 5) is 32.8. The molecule has 0 unspecified atom stereocenters. The number of nitrogens with one attached hydrogen (secondary N) is 1. The van der Waals surface area contributed by atoms with Crippen LogP contribution in [0, 0.1) is 16.0 Å². The number of hydrogen-bond donors (Lipinski definition) is 1. The van der Waals surface area contributed by atoms with E-state index in [9.17, 15) is 19.7 Å². The number of hydrogen-bond acceptors (Lipinski definition) is 5. The third-order valence-corrected chi connectivity index (χ3v) is 2.69. The molecule has 0 bridgehead atoms. The number of rotatable bonds is 7. The number of nitro groups is 1. The van der Waals surface area contributed by atoms with E-state index >= 15 is 0 Å². The van der Waals surface area contributed by atoms with Crippen molar-refractivity contribution < 1.29 is 19.2 Å². The lowest BCUT2D eigenvalue weighted by molar-refractivity contribution is -0.384. The fourth-order valence-electron chi connectivity index (χ4n) is 1.54. The third-order valence-electron chi connectivity index (χ3n) is 2.69. The lowest BCUT2D eigenvalue weighted by atomic mass is 10.2. The molecule has 7 heteroatoms. The van der Waals surface area contributed by atoms with E-state index in [0.717, 1.165) is 6.07 Å². The van der Waals surface area contributed by atoms with Crippen molar-refractivity contribution in [2.75, 3.05) is 6.54 Å². The Bertz CT molecular complexity index is 542. The number of aldehydes is 1. The Morgan fingerprint density at radius 1 is 1.43 bits per heavy atom. The van der Waals surface area contributed by atoms with Crippen molar-refractivity contribution in [1.82, 2.24) is 5.32 Å². The maximum Gasteiger partial charge on any atom is 0.270 e. The first-order valence-corrected chi connectivity index (χ1v) is 6.53. The molecule has 1 amide bonds. The minimum absolute atomic E-state index is 0.0349. The van der Waals surface area contributed by atoms with Crippen LogP contribution in [-0.4, -0.2) is 29.8 Å². The van der Waals surface area contributed by atoms with Crippen LogP contribution in [0.3, 0.4) is 0 Å². The topological polar surface area (TPSA) is 98.5 Å². The second kappa shape index (κ2) is 7.37. The number of ether oxygens (including phenoxy) is 1. The van der Waals surface area contributed by atoms with Gasteiger partial charge in [-0.25, -0.2) is 0 Å². The molecule has 114 valence electrons. The van der Waals surface area contributed by atoms with Crippen LogP contribution in [0.1, 0.15) is 31.1 Å². The largest absolute Gasteiger partial charge is 0.480 e. The van der Waals surface area contributed by atoms with Crippen LogP contribution >= 0.6 is 0 Å². The van der Waals surface area contributed by atoms with Gasteiger partial charge in [0.25, 0.3) is 11.6 Å². The first-order valence-electron chi connectivity index (χ1n) is 6.53. The summed E-state index contributed by atoms with van der Waals surface area (Å²) < 4.78 is 5.40. The zero-order valence-electron chi connectivity index (χ0n) is 12.2. The van der Waals surface area contributed by atoms with Gasteiger partial charge in [0, 0.05) is 18.7 Å². The highest BCUT2D eigenvalue weighted by Gasteiger charge is 2.18. The molecule has 0 saturated heterocycles. The quantitative estimate of drug-likeness (QED) is 0.471. The van der Waals surface area contributed by atoms with Crippen LogP contribution in [0.15, 0.2) is 18.2 Å². The Kier molecular flexibility index (Phi) is 5.83. The highest BCUT2D eigenvalue weighted by Crippen LogP contribution is 2.23. The van der Waals surface area contributed by atoms with Gasteiger partial charge in [0.2, 0.25) is 0 Å². The van der Waals surface area contributed by atoms with Crippen molar-refractivity contribution in [2.45, 2.75) is 26.9 Å². The Labute approximate surface area is 122 Å². The zero-order chi connectivity index (χ0) is 16.0. The molecule has 0 aliphatic carbocycles. The first kappa shape index (κ1) is 16.6. The number of non-ortho nitro benzene ring substituents is 1. The highest BCUT2D eigenvalue weighted by molar-refractivity contribution is 5.83. The van der Waals surface area contributed by atoms with Gasteiger partial charge in [0.15, 0.2) is 12.4 Å². The zero-order valence-corrected chi connectivity index (χ0v) is 12.2. The van der Waals surface area contributed by atoms with Crippen molar-refractivity contribution in [3.8, 4) is 5.75 Å². The molecule has 0 aliphatic heterocycles. The average Bonchev–Trinajstić information content (AvgIpc) is 2.44. The molecule has 0 heterocycles. The SMILES string of the molecule is CC(C)CNC(=O)[C@@H](C)Oc1ccc([N+](=O)[O-])cc1C=O. The lowest BCUT2D eigenvalue weighted by Gasteiger charge is -2.16. The predicted octanol–water partition coefficient (Wildman–Crippen LogP) is 1.95. The molecule has 21 heavy (non-hydrogen) atoms. The van der Waals surface area contributed by atoms with Gasteiger partial charge < -0.3 is 10.1 Å². The van der Waals surface area contributed by atoms with E-state index in [0.29, 0.717) is 18.7 Å². The molecular weight excluding hydrogens is 276 g/mol. The molecule has 0 radical (unpaired) electrons. The fraction of sp³-hybridized carbons (Fsp3) is 0.429. The van der Waals surface area contributed by atoms with Crippen molar-refractivity contribution in [1.29, 1.82) is 0 Å². The minimum atomic E-state index is -0.802. The van der Waals surface area contributed by atoms with Crippen molar-refractivity contribution in [3.63, 3.8) is 0 Å². The summed E-state index contributed by atoms with van der Waals surface area (Å²) in [5.74, 6) is 0.146. The second-order valence-electron chi connectivity index (χ2n) is 5.00. The number of carbonyl (C=O) groups is 2. The van der Waals surface area contributed by atoms with Crippen LogP contribution in [0.5, 0.6) is 5.75 Å². The molecule has 1 atom stereocenters. The Hall–Kier alpha value is -2.44. The van der Waals surface area contributed by atoms with E-state index in [1.807, 2.05) is 13.8 Å². The number of nitro benzene ring substituents is 1. The van der Waals surface area contributed by atoms with Gasteiger partial charge in [-0.3, -0.25) is 19.7 Å². The smallest absolute Gasteiger partial charge is 0.270 e. The number of benzene rings is 1. The normalized spacial score (nSPS) is 11.8. The van der Waals surface area contributed by atoms with Gasteiger partial charge in [0.1, 0.15) is 5.75 Å². The maximum atomic E-state index is 11.8. The van der Waals surface area contributed by atoms with Crippen molar-refractivity contribution in [3.05, 3.63) is 33.9 Å². The van der Waals surface area contributed by atoms with E-state index in [-0.39, 0.29) is 22.9 Å². The predicted molar refractivity (Wildman–Crippen MR) is 76.4 cm³/mol. The number of carbonyl (C=O) groups excluding carboxylic acids is 2. The van der Waals surface area contributed by atoms with E-state index in [4.69, 9.17) is 4.74 Å². The summed E-state index contributed by atoms with van der Waals surface area (Å²) in [6.07, 6.45) is -0.343. The Morgan fingerprint density at radius 3 is 2.62 bits per heavy atom. The third kappa shape index (κ3) is 4.87. The van der Waals surface area contributed by atoms with Crippen molar-refractivity contribution >= 4 is 17.9 Å². The monoisotopic (exact) mass is 294 g/mol. The molecule has 0 saturated carbocycles. The Morgan fingerprint density at radius 2 is 2.10 bits per heavy atom. The van der Waals surface area contributed by atoms with E-state index < -0.39 is 11.0 Å². The summed E-state index contributed by atoms with van der Waals surface area (Å²) in [6.45, 7) is 6.00. The molecular formula is C14H18N2O5. The number of amides is 1. The van der Waals surface area contributed by atoms with Gasteiger partial charge in [-0.1, -0.05) is 13.8 Å². The average molecular weight is 294 g/mol. The molecule has 0 fully saturated rings. The first-order chi connectivity index (χ1) is 9.85. The van der Waals surface area contributed by atoms with E-state index in [2.05, 4.69) is 5.32 Å². The van der Waals surface area contributed by atoms with Crippen LogP contribution in [0.2, 0.25) is 0 Å². The molecule has 1 rings (SSSR count). The summed E-state index contributed by atoms with van der Waals surface area (Å²) in [7, 11) is 0. The van der Waals surface area contributed by atoms with Crippen LogP contribution < -0.4 is 10.1 Å². The molecule has 1 aromatic rings. The summed E-state index contributed by atoms with van der Waals surface area (Å²) in [5, 5.41) is 13.4. The van der Waals surface area contributed by atoms with Gasteiger partial charge >= 0.3 is 0 Å². The van der Waals surface area contributed by atoms with E-state index in [1.165, 1.54) is 12.1 Å². The minimum Gasteiger partial charge on any atom is -0.480 e. The Balaban J connectivity index is 2.80.